The van der Waals surface area contributed by atoms with Crippen molar-refractivity contribution in [3.8, 4) is 0 Å². The molecule has 130 valence electrons. The van der Waals surface area contributed by atoms with Gasteiger partial charge in [0.25, 0.3) is 0 Å². The van der Waals surface area contributed by atoms with E-state index in [1.165, 1.54) is 19.3 Å². The van der Waals surface area contributed by atoms with Crippen molar-refractivity contribution in [2.75, 3.05) is 11.4 Å². The summed E-state index contributed by atoms with van der Waals surface area (Å²) in [6.07, 6.45) is 5.46. The lowest BCUT2D eigenvalue weighted by Crippen LogP contribution is -2.35. The first kappa shape index (κ1) is 15.4. The second-order valence-corrected chi connectivity index (χ2v) is 9.51. The largest absolute Gasteiger partial charge is 0.351 e. The zero-order valence-corrected chi connectivity index (χ0v) is 15.7. The summed E-state index contributed by atoms with van der Waals surface area (Å²) >= 11 is 6.20. The third-order valence-electron chi connectivity index (χ3n) is 6.01. The van der Waals surface area contributed by atoms with E-state index in [9.17, 15) is 0 Å². The summed E-state index contributed by atoms with van der Waals surface area (Å²) < 4.78 is 0. The van der Waals surface area contributed by atoms with Gasteiger partial charge in [-0.3, -0.25) is 0 Å². The summed E-state index contributed by atoms with van der Waals surface area (Å²) in [7, 11) is 0. The first-order chi connectivity index (χ1) is 11.8. The number of aromatic amines is 1. The van der Waals surface area contributed by atoms with Crippen LogP contribution in [0, 0.1) is 10.8 Å². The van der Waals surface area contributed by atoms with Crippen molar-refractivity contribution in [3.05, 3.63) is 29.5 Å². The molecule has 2 unspecified atom stereocenters. The van der Waals surface area contributed by atoms with Crippen LogP contribution < -0.4 is 4.90 Å². The number of aromatic nitrogens is 3. The lowest BCUT2D eigenvalue weighted by molar-refractivity contribution is 0.136. The highest BCUT2D eigenvalue weighted by Crippen LogP contribution is 2.53. The molecule has 0 amide bonds. The van der Waals surface area contributed by atoms with E-state index < -0.39 is 0 Å². The number of rotatable bonds is 1. The molecule has 4 nitrogen and oxygen atoms in total. The second-order valence-electron chi connectivity index (χ2n) is 9.08. The molecule has 2 fully saturated rings. The number of hydrogen-bond donors (Lipinski definition) is 1. The Morgan fingerprint density at radius 1 is 1.20 bits per heavy atom. The van der Waals surface area contributed by atoms with Gasteiger partial charge in [-0.2, -0.15) is 0 Å². The summed E-state index contributed by atoms with van der Waals surface area (Å²) in [5.41, 5.74) is 3.84. The Morgan fingerprint density at radius 3 is 2.88 bits per heavy atom. The molecule has 1 N–H and O–H groups in total. The highest BCUT2D eigenvalue weighted by Gasteiger charge is 2.50. The molecule has 0 radical (unpaired) electrons. The van der Waals surface area contributed by atoms with Gasteiger partial charge in [0.05, 0.1) is 0 Å². The molecule has 2 aliphatic rings. The molecule has 3 aromatic rings. The monoisotopic (exact) mass is 354 g/mol. The van der Waals surface area contributed by atoms with Gasteiger partial charge in [0, 0.05) is 28.5 Å². The number of H-pyrrole nitrogens is 1. The zero-order valence-electron chi connectivity index (χ0n) is 14.9. The Labute approximate surface area is 152 Å². The van der Waals surface area contributed by atoms with Crippen LogP contribution in [-0.4, -0.2) is 27.5 Å². The maximum Gasteiger partial charge on any atom is 0.156 e. The van der Waals surface area contributed by atoms with Gasteiger partial charge in [0.15, 0.2) is 5.82 Å². The number of halogens is 1. The van der Waals surface area contributed by atoms with E-state index in [1.54, 1.807) is 6.33 Å². The minimum atomic E-state index is 0.374. The average molecular weight is 355 g/mol. The van der Waals surface area contributed by atoms with Crippen molar-refractivity contribution in [2.45, 2.75) is 46.1 Å². The summed E-state index contributed by atoms with van der Waals surface area (Å²) in [5.74, 6) is 1.05. The van der Waals surface area contributed by atoms with Gasteiger partial charge in [-0.1, -0.05) is 32.4 Å². The van der Waals surface area contributed by atoms with Crippen molar-refractivity contribution in [2.24, 2.45) is 10.8 Å². The molecule has 1 aromatic carbocycles. The maximum absolute atomic E-state index is 6.20. The number of benzene rings is 1. The van der Waals surface area contributed by atoms with Gasteiger partial charge in [0.1, 0.15) is 17.4 Å². The SMILES string of the molecule is CC1(C)CC2CC(C)(CN2c2ncnc3c2[nH]c2ccc(Cl)cc23)C1. The van der Waals surface area contributed by atoms with Crippen LogP contribution in [0.1, 0.15) is 40.0 Å². The molecule has 2 bridgehead atoms. The fraction of sp³-hybridized carbons (Fsp3) is 0.500. The van der Waals surface area contributed by atoms with Gasteiger partial charge in [0.2, 0.25) is 0 Å². The van der Waals surface area contributed by atoms with E-state index in [2.05, 4.69) is 35.6 Å². The summed E-state index contributed by atoms with van der Waals surface area (Å²) in [6.45, 7) is 8.32. The highest BCUT2D eigenvalue weighted by atomic mass is 35.5. The van der Waals surface area contributed by atoms with Crippen molar-refractivity contribution >= 4 is 39.4 Å². The standard InChI is InChI=1S/C20H23ClN4/c1-19(2)7-13-8-20(3,9-19)10-25(13)18-17-16(22-11-23-18)14-6-12(21)4-5-15(14)24-17/h4-6,11,13,24H,7-10H2,1-3H3. The summed E-state index contributed by atoms with van der Waals surface area (Å²) in [4.78, 5) is 15.3. The molecule has 1 aliphatic carbocycles. The van der Waals surface area contributed by atoms with Crippen LogP contribution >= 0.6 is 11.6 Å². The van der Waals surface area contributed by atoms with E-state index in [0.29, 0.717) is 16.9 Å². The van der Waals surface area contributed by atoms with Crippen LogP contribution in [-0.2, 0) is 0 Å². The Hall–Kier alpha value is -1.81. The Kier molecular flexibility index (Phi) is 3.01. The first-order valence-corrected chi connectivity index (χ1v) is 9.40. The number of nitrogens with one attached hydrogen (secondary N) is 1. The molecule has 25 heavy (non-hydrogen) atoms. The smallest absolute Gasteiger partial charge is 0.156 e. The van der Waals surface area contributed by atoms with Crippen molar-refractivity contribution < 1.29 is 0 Å². The van der Waals surface area contributed by atoms with E-state index in [-0.39, 0.29) is 0 Å². The first-order valence-electron chi connectivity index (χ1n) is 9.02. The Balaban J connectivity index is 1.68. The molecule has 2 atom stereocenters. The highest BCUT2D eigenvalue weighted by molar-refractivity contribution is 6.31. The molecular weight excluding hydrogens is 332 g/mol. The number of nitrogens with zero attached hydrogens (tertiary/aromatic N) is 3. The topological polar surface area (TPSA) is 44.8 Å². The molecule has 0 spiro atoms. The third kappa shape index (κ3) is 2.34. The summed E-state index contributed by atoms with van der Waals surface area (Å²) in [5, 5.41) is 1.81. The molecule has 5 heteroatoms. The summed E-state index contributed by atoms with van der Waals surface area (Å²) in [6, 6.07) is 6.48. The molecule has 3 heterocycles. The molecule has 1 saturated carbocycles. The van der Waals surface area contributed by atoms with Gasteiger partial charge in [-0.25, -0.2) is 9.97 Å². The van der Waals surface area contributed by atoms with Crippen LogP contribution in [0.2, 0.25) is 5.02 Å². The maximum atomic E-state index is 6.20. The zero-order chi connectivity index (χ0) is 17.4. The van der Waals surface area contributed by atoms with E-state index in [0.717, 1.165) is 39.3 Å². The predicted molar refractivity (Wildman–Crippen MR) is 103 cm³/mol. The van der Waals surface area contributed by atoms with Crippen LogP contribution in [0.15, 0.2) is 24.5 Å². The number of hydrogen-bond acceptors (Lipinski definition) is 3. The van der Waals surface area contributed by atoms with E-state index in [4.69, 9.17) is 16.6 Å². The average Bonchev–Trinajstić information content (AvgIpc) is 3.00. The fourth-order valence-electron chi connectivity index (χ4n) is 5.58. The van der Waals surface area contributed by atoms with Crippen LogP contribution in [0.3, 0.4) is 0 Å². The molecular formula is C20H23ClN4. The molecule has 5 rings (SSSR count). The van der Waals surface area contributed by atoms with Gasteiger partial charge in [-0.05, 0) is 48.3 Å². The third-order valence-corrected chi connectivity index (χ3v) is 6.25. The normalized spacial score (nSPS) is 28.2. The van der Waals surface area contributed by atoms with Crippen molar-refractivity contribution in [3.63, 3.8) is 0 Å². The lowest BCUT2D eigenvalue weighted by Gasteiger charge is -2.39. The molecule has 1 saturated heterocycles. The lowest BCUT2D eigenvalue weighted by atomic mass is 9.65. The predicted octanol–water partition coefficient (Wildman–Crippen LogP) is 5.17. The minimum Gasteiger partial charge on any atom is -0.351 e. The molecule has 2 aromatic heterocycles. The van der Waals surface area contributed by atoms with E-state index >= 15 is 0 Å². The van der Waals surface area contributed by atoms with Gasteiger partial charge < -0.3 is 9.88 Å². The molecule has 1 aliphatic heterocycles. The van der Waals surface area contributed by atoms with Crippen molar-refractivity contribution in [1.29, 1.82) is 0 Å². The van der Waals surface area contributed by atoms with Crippen LogP contribution in [0.5, 0.6) is 0 Å². The number of anilines is 1. The van der Waals surface area contributed by atoms with E-state index in [1.807, 2.05) is 18.2 Å². The Bertz CT molecular complexity index is 992. The second kappa shape index (κ2) is 4.88. The van der Waals surface area contributed by atoms with Gasteiger partial charge >= 0.3 is 0 Å². The quantitative estimate of drug-likeness (QED) is 0.655. The Morgan fingerprint density at radius 2 is 2.04 bits per heavy atom. The fourth-order valence-corrected chi connectivity index (χ4v) is 5.75. The van der Waals surface area contributed by atoms with Crippen molar-refractivity contribution in [1.82, 2.24) is 15.0 Å². The number of fused-ring (bicyclic) bond motifs is 5. The van der Waals surface area contributed by atoms with Gasteiger partial charge in [-0.15, -0.1) is 0 Å². The van der Waals surface area contributed by atoms with Crippen LogP contribution in [0.4, 0.5) is 5.82 Å². The minimum absolute atomic E-state index is 0.374. The van der Waals surface area contributed by atoms with Crippen LogP contribution in [0.25, 0.3) is 21.9 Å².